The van der Waals surface area contributed by atoms with Crippen LogP contribution in [0.25, 0.3) is 0 Å². The molecule has 0 aliphatic carbocycles. The second kappa shape index (κ2) is 4.72. The van der Waals surface area contributed by atoms with E-state index in [0.717, 1.165) is 0 Å². The highest BCUT2D eigenvalue weighted by molar-refractivity contribution is 9.10. The summed E-state index contributed by atoms with van der Waals surface area (Å²) in [5, 5.41) is 0. The number of halogens is 1. The van der Waals surface area contributed by atoms with E-state index in [4.69, 9.17) is 9.47 Å². The van der Waals surface area contributed by atoms with Gasteiger partial charge in [0.15, 0.2) is 0 Å². The maximum atomic E-state index is 11.1. The summed E-state index contributed by atoms with van der Waals surface area (Å²) in [5.41, 5.74) is 0. The summed E-state index contributed by atoms with van der Waals surface area (Å²) in [4.78, 5) is 11.1. The SMILES string of the molecule is CCOC(=O)C(C)(Br)OCC. The molecule has 0 fully saturated rings. The molecule has 66 valence electrons. The molecule has 1 unspecified atom stereocenters. The van der Waals surface area contributed by atoms with Crippen molar-refractivity contribution in [2.24, 2.45) is 0 Å². The van der Waals surface area contributed by atoms with Crippen molar-refractivity contribution >= 4 is 21.9 Å². The molecule has 0 rings (SSSR count). The molecule has 4 heteroatoms. The molecule has 0 radical (unpaired) electrons. The summed E-state index contributed by atoms with van der Waals surface area (Å²) >= 11 is 3.11. The fraction of sp³-hybridized carbons (Fsp3) is 0.857. The first-order valence-corrected chi connectivity index (χ1v) is 4.34. The Morgan fingerprint density at radius 2 is 2.00 bits per heavy atom. The molecule has 1 atom stereocenters. The van der Waals surface area contributed by atoms with Gasteiger partial charge >= 0.3 is 5.97 Å². The molecular formula is C7H13BrO3. The Labute approximate surface area is 75.2 Å². The lowest BCUT2D eigenvalue weighted by Crippen LogP contribution is -2.33. The Bertz CT molecular complexity index is 134. The Balaban J connectivity index is 3.94. The van der Waals surface area contributed by atoms with Gasteiger partial charge < -0.3 is 9.47 Å². The molecule has 0 aromatic rings. The lowest BCUT2D eigenvalue weighted by atomic mass is 10.4. The quantitative estimate of drug-likeness (QED) is 0.539. The summed E-state index contributed by atoms with van der Waals surface area (Å²) < 4.78 is 8.85. The minimum Gasteiger partial charge on any atom is -0.463 e. The largest absolute Gasteiger partial charge is 0.463 e. The summed E-state index contributed by atoms with van der Waals surface area (Å²) in [6.45, 7) is 6.04. The molecule has 0 aromatic carbocycles. The lowest BCUT2D eigenvalue weighted by Gasteiger charge is -2.19. The third-order valence-electron chi connectivity index (χ3n) is 1.06. The molecule has 0 spiro atoms. The fourth-order valence-corrected chi connectivity index (χ4v) is 0.933. The van der Waals surface area contributed by atoms with Crippen LogP contribution in [0.5, 0.6) is 0 Å². The predicted molar refractivity (Wildman–Crippen MR) is 45.6 cm³/mol. The molecule has 11 heavy (non-hydrogen) atoms. The molecule has 0 amide bonds. The van der Waals surface area contributed by atoms with E-state index in [2.05, 4.69) is 15.9 Å². The van der Waals surface area contributed by atoms with E-state index in [1.165, 1.54) is 0 Å². The monoisotopic (exact) mass is 224 g/mol. The second-order valence-corrected chi connectivity index (χ2v) is 3.58. The zero-order valence-corrected chi connectivity index (χ0v) is 8.60. The van der Waals surface area contributed by atoms with Gasteiger partial charge in [-0.3, -0.25) is 0 Å². The Hall–Kier alpha value is -0.0900. The number of alkyl halides is 1. The van der Waals surface area contributed by atoms with Crippen molar-refractivity contribution in [1.29, 1.82) is 0 Å². The summed E-state index contributed by atoms with van der Waals surface area (Å²) in [6, 6.07) is 0. The number of carbonyl (C=O) groups excluding carboxylic acids is 1. The summed E-state index contributed by atoms with van der Waals surface area (Å²) in [6.07, 6.45) is 0. The van der Waals surface area contributed by atoms with Crippen LogP contribution in [-0.2, 0) is 14.3 Å². The highest BCUT2D eigenvalue weighted by Gasteiger charge is 2.31. The number of carbonyl (C=O) groups is 1. The van der Waals surface area contributed by atoms with Crippen LogP contribution in [0.1, 0.15) is 20.8 Å². The number of hydrogen-bond acceptors (Lipinski definition) is 3. The lowest BCUT2D eigenvalue weighted by molar-refractivity contribution is -0.157. The van der Waals surface area contributed by atoms with Crippen LogP contribution >= 0.6 is 15.9 Å². The van der Waals surface area contributed by atoms with Crippen molar-refractivity contribution in [3.05, 3.63) is 0 Å². The van der Waals surface area contributed by atoms with Gasteiger partial charge in [0.1, 0.15) is 0 Å². The van der Waals surface area contributed by atoms with Crippen LogP contribution in [0.15, 0.2) is 0 Å². The predicted octanol–water partition coefficient (Wildman–Crippen LogP) is 1.70. The van der Waals surface area contributed by atoms with Crippen molar-refractivity contribution in [2.45, 2.75) is 25.3 Å². The molecule has 0 aromatic heterocycles. The smallest absolute Gasteiger partial charge is 0.349 e. The number of rotatable bonds is 4. The van der Waals surface area contributed by atoms with Crippen molar-refractivity contribution < 1.29 is 14.3 Å². The van der Waals surface area contributed by atoms with E-state index in [1.807, 2.05) is 6.92 Å². The normalized spacial score (nSPS) is 15.6. The number of hydrogen-bond donors (Lipinski definition) is 0. The molecule has 0 aliphatic rings. The van der Waals surface area contributed by atoms with Crippen molar-refractivity contribution in [1.82, 2.24) is 0 Å². The van der Waals surface area contributed by atoms with Crippen LogP contribution in [0.4, 0.5) is 0 Å². The third-order valence-corrected chi connectivity index (χ3v) is 1.61. The minimum absolute atomic E-state index is 0.368. The van der Waals surface area contributed by atoms with E-state index < -0.39 is 4.51 Å². The first-order chi connectivity index (χ1) is 5.04. The third kappa shape index (κ3) is 3.72. The van der Waals surface area contributed by atoms with Crippen LogP contribution in [0, 0.1) is 0 Å². The standard InChI is InChI=1S/C7H13BrO3/c1-4-10-6(9)7(3,8)11-5-2/h4-5H2,1-3H3. The molecule has 0 N–H and O–H groups in total. The van der Waals surface area contributed by atoms with E-state index in [0.29, 0.717) is 13.2 Å². The summed E-state index contributed by atoms with van der Waals surface area (Å²) in [5.74, 6) is -0.387. The van der Waals surface area contributed by atoms with Gasteiger partial charge in [0.25, 0.3) is 0 Å². The van der Waals surface area contributed by atoms with Crippen LogP contribution in [0.2, 0.25) is 0 Å². The molecule has 0 bridgehead atoms. The highest BCUT2D eigenvalue weighted by atomic mass is 79.9. The van der Waals surface area contributed by atoms with Crippen LogP contribution in [-0.4, -0.2) is 23.7 Å². The van der Waals surface area contributed by atoms with Crippen LogP contribution in [0.3, 0.4) is 0 Å². The molecular weight excluding hydrogens is 212 g/mol. The Morgan fingerprint density at radius 1 is 1.45 bits per heavy atom. The average Bonchev–Trinajstić information content (AvgIpc) is 1.88. The van der Waals surface area contributed by atoms with Gasteiger partial charge in [0.05, 0.1) is 6.61 Å². The maximum Gasteiger partial charge on any atom is 0.349 e. The zero-order valence-electron chi connectivity index (χ0n) is 7.02. The van der Waals surface area contributed by atoms with Gasteiger partial charge in [-0.1, -0.05) is 0 Å². The van der Waals surface area contributed by atoms with Gasteiger partial charge in [0, 0.05) is 6.61 Å². The van der Waals surface area contributed by atoms with E-state index in [9.17, 15) is 4.79 Å². The molecule has 0 heterocycles. The molecule has 0 saturated carbocycles. The number of esters is 1. The summed E-state index contributed by atoms with van der Waals surface area (Å²) in [7, 11) is 0. The van der Waals surface area contributed by atoms with Crippen molar-refractivity contribution in [3.8, 4) is 0 Å². The highest BCUT2D eigenvalue weighted by Crippen LogP contribution is 2.20. The van der Waals surface area contributed by atoms with Gasteiger partial charge in [-0.25, -0.2) is 4.79 Å². The van der Waals surface area contributed by atoms with Gasteiger partial charge in [-0.05, 0) is 36.7 Å². The van der Waals surface area contributed by atoms with E-state index in [1.54, 1.807) is 13.8 Å². The van der Waals surface area contributed by atoms with E-state index >= 15 is 0 Å². The fourth-order valence-electron chi connectivity index (χ4n) is 0.590. The van der Waals surface area contributed by atoms with Crippen molar-refractivity contribution in [2.75, 3.05) is 13.2 Å². The Morgan fingerprint density at radius 3 is 2.36 bits per heavy atom. The average molecular weight is 225 g/mol. The molecule has 0 aliphatic heterocycles. The second-order valence-electron chi connectivity index (χ2n) is 2.07. The van der Waals surface area contributed by atoms with Crippen molar-refractivity contribution in [3.63, 3.8) is 0 Å². The molecule has 0 saturated heterocycles. The Kier molecular flexibility index (Phi) is 4.68. The first kappa shape index (κ1) is 10.9. The maximum absolute atomic E-state index is 11.1. The van der Waals surface area contributed by atoms with Gasteiger partial charge in [-0.15, -0.1) is 0 Å². The topological polar surface area (TPSA) is 35.5 Å². The number of ether oxygens (including phenoxy) is 2. The first-order valence-electron chi connectivity index (χ1n) is 3.54. The van der Waals surface area contributed by atoms with Gasteiger partial charge in [0.2, 0.25) is 4.51 Å². The van der Waals surface area contributed by atoms with E-state index in [-0.39, 0.29) is 5.97 Å². The minimum atomic E-state index is -0.988. The molecule has 3 nitrogen and oxygen atoms in total. The van der Waals surface area contributed by atoms with Crippen LogP contribution < -0.4 is 0 Å². The van der Waals surface area contributed by atoms with Gasteiger partial charge in [-0.2, -0.15) is 0 Å². The zero-order chi connectivity index (χ0) is 8.91.